The highest BCUT2D eigenvalue weighted by atomic mass is 35.5. The Bertz CT molecular complexity index is 649. The first-order valence-electron chi connectivity index (χ1n) is 6.20. The number of carbonyl (C=O) groups is 1. The van der Waals surface area contributed by atoms with Crippen LogP contribution in [0.3, 0.4) is 0 Å². The minimum atomic E-state index is -0.947. The van der Waals surface area contributed by atoms with E-state index in [2.05, 4.69) is 0 Å². The van der Waals surface area contributed by atoms with Gasteiger partial charge in [0.05, 0.1) is 4.34 Å². The maximum atomic E-state index is 10.5. The lowest BCUT2D eigenvalue weighted by Crippen LogP contribution is -1.87. The van der Waals surface area contributed by atoms with Gasteiger partial charge in [-0.1, -0.05) is 59.2 Å². The van der Waals surface area contributed by atoms with E-state index in [1.807, 2.05) is 38.2 Å². The second kappa shape index (κ2) is 8.23. The van der Waals surface area contributed by atoms with Crippen molar-refractivity contribution in [1.82, 2.24) is 0 Å². The standard InChI is InChI=1S/C16H16Cl2O2S/c1-10(5-4-6-11(2)9-14(19)20)7-8-13-12(3)15(17)21-16(13)18/h4-9H,1-3H3,(H,19,20)/b6-4?,8-7?,10-5?,11-9+. The molecular weight excluding hydrogens is 327 g/mol. The van der Waals surface area contributed by atoms with Crippen molar-refractivity contribution >= 4 is 46.6 Å². The summed E-state index contributed by atoms with van der Waals surface area (Å²) in [5, 5.41) is 8.60. The SMILES string of the molecule is CC(C=Cc1c(Cl)sc(Cl)c1C)=CC=C/C(C)=C/C(=O)O. The lowest BCUT2D eigenvalue weighted by molar-refractivity contribution is -0.131. The van der Waals surface area contributed by atoms with Crippen LogP contribution in [0.2, 0.25) is 8.67 Å². The molecule has 1 aromatic rings. The highest BCUT2D eigenvalue weighted by Crippen LogP contribution is 2.36. The highest BCUT2D eigenvalue weighted by molar-refractivity contribution is 7.20. The third-order valence-electron chi connectivity index (χ3n) is 2.67. The smallest absolute Gasteiger partial charge is 0.328 e. The number of aliphatic carboxylic acids is 1. The molecule has 0 saturated heterocycles. The predicted molar refractivity (Wildman–Crippen MR) is 92.4 cm³/mol. The second-order valence-corrected chi connectivity index (χ2v) is 6.74. The van der Waals surface area contributed by atoms with Crippen LogP contribution in [-0.2, 0) is 4.79 Å². The van der Waals surface area contributed by atoms with Crippen molar-refractivity contribution < 1.29 is 9.90 Å². The van der Waals surface area contributed by atoms with Crippen molar-refractivity contribution in [3.05, 3.63) is 61.3 Å². The highest BCUT2D eigenvalue weighted by Gasteiger charge is 2.08. The van der Waals surface area contributed by atoms with Crippen molar-refractivity contribution in [3.63, 3.8) is 0 Å². The Hall–Kier alpha value is -1.29. The molecule has 0 aromatic carbocycles. The Kier molecular flexibility index (Phi) is 6.96. The summed E-state index contributed by atoms with van der Waals surface area (Å²) >= 11 is 13.5. The first-order valence-corrected chi connectivity index (χ1v) is 7.77. The summed E-state index contributed by atoms with van der Waals surface area (Å²) in [6.07, 6.45) is 10.5. The first-order chi connectivity index (χ1) is 9.81. The van der Waals surface area contributed by atoms with E-state index in [0.29, 0.717) is 14.2 Å². The van der Waals surface area contributed by atoms with E-state index in [9.17, 15) is 4.79 Å². The molecule has 1 heterocycles. The van der Waals surface area contributed by atoms with Gasteiger partial charge in [0.15, 0.2) is 0 Å². The molecule has 0 saturated carbocycles. The quantitative estimate of drug-likeness (QED) is 0.533. The molecule has 0 unspecified atom stereocenters. The van der Waals surface area contributed by atoms with Crippen LogP contribution in [0.1, 0.15) is 25.0 Å². The van der Waals surface area contributed by atoms with E-state index in [0.717, 1.165) is 22.8 Å². The van der Waals surface area contributed by atoms with Gasteiger partial charge in [-0.2, -0.15) is 0 Å². The van der Waals surface area contributed by atoms with Crippen molar-refractivity contribution in [2.75, 3.05) is 0 Å². The molecule has 2 nitrogen and oxygen atoms in total. The zero-order valence-corrected chi connectivity index (χ0v) is 14.3. The van der Waals surface area contributed by atoms with Crippen LogP contribution >= 0.6 is 34.5 Å². The molecular formula is C16H16Cl2O2S. The van der Waals surface area contributed by atoms with Crippen LogP contribution in [0, 0.1) is 6.92 Å². The molecule has 1 aromatic heterocycles. The molecule has 0 fully saturated rings. The van der Waals surface area contributed by atoms with Gasteiger partial charge in [0.1, 0.15) is 4.34 Å². The molecule has 1 rings (SSSR count). The van der Waals surface area contributed by atoms with Gasteiger partial charge in [-0.15, -0.1) is 11.3 Å². The Labute approximate surface area is 138 Å². The molecule has 0 aliphatic heterocycles. The van der Waals surface area contributed by atoms with Gasteiger partial charge >= 0.3 is 5.97 Å². The number of thiophene rings is 1. The summed E-state index contributed by atoms with van der Waals surface area (Å²) in [5.41, 5.74) is 3.61. The summed E-state index contributed by atoms with van der Waals surface area (Å²) < 4.78 is 1.38. The normalized spacial score (nSPS) is 13.6. The zero-order chi connectivity index (χ0) is 16.0. The van der Waals surface area contributed by atoms with Gasteiger partial charge in [-0.3, -0.25) is 0 Å². The number of carboxylic acid groups (broad SMARTS) is 1. The molecule has 0 spiro atoms. The molecule has 1 N–H and O–H groups in total. The maximum Gasteiger partial charge on any atom is 0.328 e. The molecule has 0 aliphatic rings. The zero-order valence-electron chi connectivity index (χ0n) is 12.0. The fourth-order valence-corrected chi connectivity index (χ4v) is 3.16. The lowest BCUT2D eigenvalue weighted by atomic mass is 10.1. The largest absolute Gasteiger partial charge is 0.478 e. The Morgan fingerprint density at radius 1 is 1.14 bits per heavy atom. The number of hydrogen-bond donors (Lipinski definition) is 1. The van der Waals surface area contributed by atoms with Crippen molar-refractivity contribution in [3.8, 4) is 0 Å². The summed E-state index contributed by atoms with van der Waals surface area (Å²) in [7, 11) is 0. The van der Waals surface area contributed by atoms with Crippen LogP contribution in [0.25, 0.3) is 6.08 Å². The van der Waals surface area contributed by atoms with Gasteiger partial charge in [0, 0.05) is 11.6 Å². The van der Waals surface area contributed by atoms with Gasteiger partial charge in [0.2, 0.25) is 0 Å². The van der Waals surface area contributed by atoms with Crippen molar-refractivity contribution in [2.24, 2.45) is 0 Å². The minimum absolute atomic E-state index is 0.678. The molecule has 0 aliphatic carbocycles. The van der Waals surface area contributed by atoms with Crippen LogP contribution in [0.15, 0.2) is 41.5 Å². The van der Waals surface area contributed by atoms with E-state index < -0.39 is 5.97 Å². The number of carboxylic acids is 1. The average molecular weight is 343 g/mol. The monoisotopic (exact) mass is 342 g/mol. The molecule has 21 heavy (non-hydrogen) atoms. The maximum absolute atomic E-state index is 10.5. The van der Waals surface area contributed by atoms with Gasteiger partial charge in [-0.25, -0.2) is 4.79 Å². The molecule has 0 atom stereocenters. The Balaban J connectivity index is 2.79. The van der Waals surface area contributed by atoms with Gasteiger partial charge in [-0.05, 0) is 31.9 Å². The topological polar surface area (TPSA) is 37.3 Å². The third kappa shape index (κ3) is 5.92. The number of halogens is 2. The van der Waals surface area contributed by atoms with Gasteiger partial charge in [0.25, 0.3) is 0 Å². The predicted octanol–water partition coefficient (Wildman–Crippen LogP) is 5.91. The summed E-state index contributed by atoms with van der Waals surface area (Å²) in [4.78, 5) is 10.5. The fourth-order valence-electron chi connectivity index (χ4n) is 1.52. The molecule has 0 radical (unpaired) electrons. The number of allylic oxidation sites excluding steroid dienone is 6. The average Bonchev–Trinajstić information content (AvgIpc) is 2.60. The Morgan fingerprint density at radius 3 is 2.33 bits per heavy atom. The van der Waals surface area contributed by atoms with Crippen molar-refractivity contribution in [2.45, 2.75) is 20.8 Å². The number of rotatable bonds is 5. The third-order valence-corrected chi connectivity index (χ3v) is 4.51. The van der Waals surface area contributed by atoms with Crippen LogP contribution in [0.5, 0.6) is 0 Å². The number of hydrogen-bond acceptors (Lipinski definition) is 2. The van der Waals surface area contributed by atoms with E-state index in [-0.39, 0.29) is 0 Å². The van der Waals surface area contributed by atoms with E-state index in [1.54, 1.807) is 13.0 Å². The van der Waals surface area contributed by atoms with Crippen LogP contribution < -0.4 is 0 Å². The molecule has 5 heteroatoms. The fraction of sp³-hybridized carbons (Fsp3) is 0.188. The minimum Gasteiger partial charge on any atom is -0.478 e. The first kappa shape index (κ1) is 17.8. The second-order valence-electron chi connectivity index (χ2n) is 4.52. The molecule has 0 bridgehead atoms. The van der Waals surface area contributed by atoms with E-state index in [1.165, 1.54) is 11.3 Å². The van der Waals surface area contributed by atoms with E-state index >= 15 is 0 Å². The molecule has 0 amide bonds. The molecule has 112 valence electrons. The Morgan fingerprint density at radius 2 is 1.81 bits per heavy atom. The lowest BCUT2D eigenvalue weighted by Gasteiger charge is -1.94. The summed E-state index contributed by atoms with van der Waals surface area (Å²) in [6.45, 7) is 5.62. The van der Waals surface area contributed by atoms with Crippen LogP contribution in [-0.4, -0.2) is 11.1 Å². The summed E-state index contributed by atoms with van der Waals surface area (Å²) in [6, 6.07) is 0. The van der Waals surface area contributed by atoms with E-state index in [4.69, 9.17) is 28.3 Å². The van der Waals surface area contributed by atoms with Crippen LogP contribution in [0.4, 0.5) is 0 Å². The van der Waals surface area contributed by atoms with Crippen molar-refractivity contribution in [1.29, 1.82) is 0 Å². The van der Waals surface area contributed by atoms with Gasteiger partial charge < -0.3 is 5.11 Å². The summed E-state index contributed by atoms with van der Waals surface area (Å²) in [5.74, 6) is -0.947.